The Morgan fingerprint density at radius 3 is 2.29 bits per heavy atom. The van der Waals surface area contributed by atoms with Crippen molar-refractivity contribution in [2.45, 2.75) is 19.9 Å². The van der Waals surface area contributed by atoms with Gasteiger partial charge in [-0.05, 0) is 12.8 Å². The first-order chi connectivity index (χ1) is 6.57. The van der Waals surface area contributed by atoms with Gasteiger partial charge < -0.3 is 9.84 Å². The third kappa shape index (κ3) is 2.10. The summed E-state index contributed by atoms with van der Waals surface area (Å²) in [5, 5.41) is 8.93. The fourth-order valence-corrected chi connectivity index (χ4v) is 1.37. The maximum Gasteiger partial charge on any atom is 0.255 e. The Balaban J connectivity index is 2.72. The first-order valence-corrected chi connectivity index (χ1v) is 4.61. The van der Waals surface area contributed by atoms with Crippen LogP contribution in [0.3, 0.4) is 0 Å². The summed E-state index contributed by atoms with van der Waals surface area (Å²) in [5.41, 5.74) is 0. The molecule has 1 aliphatic rings. The number of aliphatic hydroxyl groups is 1. The number of carbonyl (C=O) groups is 2. The highest BCUT2D eigenvalue weighted by atomic mass is 16.5. The Hall–Kier alpha value is -0.940. The van der Waals surface area contributed by atoms with Crippen LogP contribution >= 0.6 is 0 Å². The molecule has 1 N–H and O–H groups in total. The van der Waals surface area contributed by atoms with E-state index in [1.165, 1.54) is 4.90 Å². The topological polar surface area (TPSA) is 66.8 Å². The lowest BCUT2D eigenvalue weighted by Gasteiger charge is -2.33. The van der Waals surface area contributed by atoms with E-state index in [-0.39, 0.29) is 43.6 Å². The van der Waals surface area contributed by atoms with Gasteiger partial charge in [0.25, 0.3) is 11.8 Å². The molecule has 1 heterocycles. The van der Waals surface area contributed by atoms with E-state index in [4.69, 9.17) is 9.84 Å². The van der Waals surface area contributed by atoms with Gasteiger partial charge in [-0.2, -0.15) is 0 Å². The Bertz CT molecular complexity index is 225. The monoisotopic (exact) mass is 201 g/mol. The number of aliphatic hydroxyl groups excluding tert-OH is 1. The van der Waals surface area contributed by atoms with Crippen LogP contribution in [0.5, 0.6) is 0 Å². The maximum absolute atomic E-state index is 11.4. The minimum atomic E-state index is -0.325. The maximum atomic E-state index is 11.4. The van der Waals surface area contributed by atoms with Crippen LogP contribution in [0.25, 0.3) is 0 Å². The first kappa shape index (κ1) is 11.1. The summed E-state index contributed by atoms with van der Waals surface area (Å²) in [6.07, 6.45) is 0. The number of hydrogen-bond donors (Lipinski definition) is 1. The van der Waals surface area contributed by atoms with Gasteiger partial charge in [-0.3, -0.25) is 14.5 Å². The van der Waals surface area contributed by atoms with Crippen molar-refractivity contribution in [3.05, 3.63) is 0 Å². The average molecular weight is 201 g/mol. The van der Waals surface area contributed by atoms with Crippen LogP contribution in [0.1, 0.15) is 13.8 Å². The molecule has 1 aliphatic heterocycles. The van der Waals surface area contributed by atoms with Gasteiger partial charge in [-0.1, -0.05) is 6.92 Å². The molecule has 2 amide bonds. The van der Waals surface area contributed by atoms with Crippen molar-refractivity contribution in [1.29, 1.82) is 0 Å². The van der Waals surface area contributed by atoms with E-state index in [1.54, 1.807) is 13.8 Å². The van der Waals surface area contributed by atoms with Crippen LogP contribution in [-0.4, -0.2) is 47.7 Å². The quantitative estimate of drug-likeness (QED) is 0.618. The molecule has 0 saturated carbocycles. The zero-order chi connectivity index (χ0) is 10.7. The molecule has 0 aromatic carbocycles. The standard InChI is InChI=1S/C9H15NO4/c1-6(3-11)7(2)10-8(12)4-14-5-9(10)13/h6-7,11H,3-5H2,1-2H3. The number of carbonyl (C=O) groups excluding carboxylic acids is 2. The Kier molecular flexibility index (Phi) is 3.60. The number of rotatable bonds is 3. The van der Waals surface area contributed by atoms with Crippen LogP contribution in [0.2, 0.25) is 0 Å². The van der Waals surface area contributed by atoms with Crippen molar-refractivity contribution >= 4 is 11.8 Å². The zero-order valence-electron chi connectivity index (χ0n) is 8.40. The summed E-state index contributed by atoms with van der Waals surface area (Å²) in [7, 11) is 0. The molecular weight excluding hydrogens is 186 g/mol. The van der Waals surface area contributed by atoms with Gasteiger partial charge in [-0.15, -0.1) is 0 Å². The summed E-state index contributed by atoms with van der Waals surface area (Å²) in [6, 6.07) is -0.274. The third-order valence-electron chi connectivity index (χ3n) is 2.51. The van der Waals surface area contributed by atoms with Crippen molar-refractivity contribution in [2.24, 2.45) is 5.92 Å². The van der Waals surface area contributed by atoms with E-state index in [0.29, 0.717) is 0 Å². The van der Waals surface area contributed by atoms with E-state index in [9.17, 15) is 9.59 Å². The Morgan fingerprint density at radius 1 is 1.36 bits per heavy atom. The lowest BCUT2D eigenvalue weighted by Crippen LogP contribution is -2.52. The fraction of sp³-hybridized carbons (Fsp3) is 0.778. The molecule has 0 spiro atoms. The highest BCUT2D eigenvalue weighted by Crippen LogP contribution is 2.13. The minimum Gasteiger partial charge on any atom is -0.396 e. The van der Waals surface area contributed by atoms with Crippen LogP contribution < -0.4 is 0 Å². The Morgan fingerprint density at radius 2 is 1.86 bits per heavy atom. The summed E-state index contributed by atoms with van der Waals surface area (Å²) >= 11 is 0. The van der Waals surface area contributed by atoms with Crippen LogP contribution in [0.4, 0.5) is 0 Å². The fourth-order valence-electron chi connectivity index (χ4n) is 1.37. The van der Waals surface area contributed by atoms with Crippen LogP contribution in [0.15, 0.2) is 0 Å². The first-order valence-electron chi connectivity index (χ1n) is 4.61. The summed E-state index contributed by atoms with van der Waals surface area (Å²) in [6.45, 7) is 3.41. The molecule has 5 nitrogen and oxygen atoms in total. The van der Waals surface area contributed by atoms with Gasteiger partial charge in [0, 0.05) is 12.6 Å². The summed E-state index contributed by atoms with van der Waals surface area (Å²) in [4.78, 5) is 23.9. The normalized spacial score (nSPS) is 22.4. The van der Waals surface area contributed by atoms with Crippen LogP contribution in [-0.2, 0) is 14.3 Å². The number of nitrogens with zero attached hydrogens (tertiary/aromatic N) is 1. The zero-order valence-corrected chi connectivity index (χ0v) is 8.40. The largest absolute Gasteiger partial charge is 0.396 e. The molecule has 1 fully saturated rings. The molecule has 2 unspecified atom stereocenters. The van der Waals surface area contributed by atoms with E-state index in [0.717, 1.165) is 0 Å². The molecule has 5 heteroatoms. The van der Waals surface area contributed by atoms with Gasteiger partial charge in [0.2, 0.25) is 0 Å². The SMILES string of the molecule is CC(CO)C(C)N1C(=O)COCC1=O. The minimum absolute atomic E-state index is 0.0426. The molecule has 1 rings (SSSR count). The molecule has 80 valence electrons. The molecule has 0 aromatic rings. The van der Waals surface area contributed by atoms with Crippen molar-refractivity contribution in [3.63, 3.8) is 0 Å². The molecule has 0 radical (unpaired) electrons. The molecule has 14 heavy (non-hydrogen) atoms. The van der Waals surface area contributed by atoms with Crippen molar-refractivity contribution in [3.8, 4) is 0 Å². The van der Waals surface area contributed by atoms with Gasteiger partial charge in [0.15, 0.2) is 0 Å². The number of amides is 2. The number of hydrogen-bond acceptors (Lipinski definition) is 4. The lowest BCUT2D eigenvalue weighted by atomic mass is 10.0. The van der Waals surface area contributed by atoms with Gasteiger partial charge in [0.1, 0.15) is 13.2 Å². The highest BCUT2D eigenvalue weighted by Gasteiger charge is 2.32. The third-order valence-corrected chi connectivity index (χ3v) is 2.51. The second-order valence-corrected chi connectivity index (χ2v) is 3.55. The van der Waals surface area contributed by atoms with Crippen molar-refractivity contribution < 1.29 is 19.4 Å². The van der Waals surface area contributed by atoms with Crippen molar-refractivity contribution in [2.75, 3.05) is 19.8 Å². The summed E-state index contributed by atoms with van der Waals surface area (Å²) in [5.74, 6) is -0.760. The average Bonchev–Trinajstić information content (AvgIpc) is 2.16. The molecule has 0 aliphatic carbocycles. The van der Waals surface area contributed by atoms with E-state index in [1.807, 2.05) is 0 Å². The predicted octanol–water partition coefficient (Wildman–Crippen LogP) is -0.611. The van der Waals surface area contributed by atoms with E-state index in [2.05, 4.69) is 0 Å². The van der Waals surface area contributed by atoms with Crippen molar-refractivity contribution in [1.82, 2.24) is 4.90 Å². The molecule has 0 aromatic heterocycles. The van der Waals surface area contributed by atoms with E-state index >= 15 is 0 Å². The number of imide groups is 1. The van der Waals surface area contributed by atoms with E-state index < -0.39 is 0 Å². The molecular formula is C9H15NO4. The van der Waals surface area contributed by atoms with Gasteiger partial charge in [-0.25, -0.2) is 0 Å². The highest BCUT2D eigenvalue weighted by molar-refractivity contribution is 5.98. The second kappa shape index (κ2) is 4.52. The predicted molar refractivity (Wildman–Crippen MR) is 48.4 cm³/mol. The van der Waals surface area contributed by atoms with Crippen LogP contribution in [0, 0.1) is 5.92 Å². The molecule has 0 bridgehead atoms. The van der Waals surface area contributed by atoms with Gasteiger partial charge >= 0.3 is 0 Å². The molecule has 2 atom stereocenters. The molecule has 1 saturated heterocycles. The number of morpholine rings is 1. The van der Waals surface area contributed by atoms with Gasteiger partial charge in [0.05, 0.1) is 0 Å². The second-order valence-electron chi connectivity index (χ2n) is 3.55. The summed E-state index contributed by atoms with van der Waals surface area (Å²) < 4.78 is 4.78. The number of ether oxygens (including phenoxy) is 1. The lowest BCUT2D eigenvalue weighted by molar-refractivity contribution is -0.162. The Labute approximate surface area is 82.6 Å². The smallest absolute Gasteiger partial charge is 0.255 e.